The molecule has 5 rings (SSSR count). The molecule has 1 aliphatic carbocycles. The summed E-state index contributed by atoms with van der Waals surface area (Å²) >= 11 is 0. The number of aryl methyl sites for hydroxylation is 2. The number of aromatic nitrogens is 4. The molecule has 138 valence electrons. The van der Waals surface area contributed by atoms with Gasteiger partial charge in [-0.1, -0.05) is 36.4 Å². The van der Waals surface area contributed by atoms with Gasteiger partial charge in [0.1, 0.15) is 18.0 Å². The van der Waals surface area contributed by atoms with Gasteiger partial charge in [-0.25, -0.2) is 15.0 Å². The van der Waals surface area contributed by atoms with Crippen molar-refractivity contribution in [1.29, 1.82) is 0 Å². The molecule has 0 atom stereocenters. The Morgan fingerprint density at radius 2 is 1.86 bits per heavy atom. The molecule has 0 amide bonds. The second-order valence-electron chi connectivity index (χ2n) is 7.16. The molecule has 1 aliphatic rings. The van der Waals surface area contributed by atoms with E-state index in [1.54, 1.807) is 6.33 Å². The molecule has 0 radical (unpaired) electrons. The fourth-order valence-electron chi connectivity index (χ4n) is 3.88. The summed E-state index contributed by atoms with van der Waals surface area (Å²) in [5.41, 5.74) is 8.03. The van der Waals surface area contributed by atoms with Gasteiger partial charge in [-0.05, 0) is 37.5 Å². The summed E-state index contributed by atoms with van der Waals surface area (Å²) < 4.78 is 2.10. The Hall–Kier alpha value is -3.47. The minimum atomic E-state index is 0.887. The molecule has 0 fully saturated rings. The van der Waals surface area contributed by atoms with Crippen molar-refractivity contribution in [3.05, 3.63) is 78.0 Å². The lowest BCUT2D eigenvalue weighted by molar-refractivity contribution is 0.865. The molecule has 2 heterocycles. The Bertz CT molecular complexity index is 1180. The Morgan fingerprint density at radius 3 is 2.71 bits per heavy atom. The van der Waals surface area contributed by atoms with E-state index in [-0.39, 0.29) is 0 Å². The van der Waals surface area contributed by atoms with Gasteiger partial charge in [0, 0.05) is 29.4 Å². The predicted octanol–water partition coefficient (Wildman–Crippen LogP) is 4.69. The van der Waals surface area contributed by atoms with Gasteiger partial charge in [-0.3, -0.25) is 0 Å². The number of rotatable bonds is 3. The smallest absolute Gasteiger partial charge is 0.137 e. The van der Waals surface area contributed by atoms with Crippen molar-refractivity contribution in [3.8, 4) is 22.5 Å². The van der Waals surface area contributed by atoms with Crippen LogP contribution < -0.4 is 5.32 Å². The van der Waals surface area contributed by atoms with Crippen LogP contribution >= 0.6 is 0 Å². The molecular formula is C23H21N5. The highest BCUT2D eigenvalue weighted by Crippen LogP contribution is 2.35. The van der Waals surface area contributed by atoms with Crippen molar-refractivity contribution in [1.82, 2.24) is 19.5 Å². The van der Waals surface area contributed by atoms with Crippen LogP contribution in [0.15, 0.2) is 61.1 Å². The third-order valence-electron chi connectivity index (χ3n) is 5.50. The average Bonchev–Trinajstić information content (AvgIpc) is 3.07. The molecule has 0 saturated heterocycles. The zero-order chi connectivity index (χ0) is 19.1. The second kappa shape index (κ2) is 6.60. The highest BCUT2D eigenvalue weighted by atomic mass is 15.1. The van der Waals surface area contributed by atoms with E-state index >= 15 is 0 Å². The first kappa shape index (κ1) is 16.7. The summed E-state index contributed by atoms with van der Waals surface area (Å²) in [6, 6.07) is 16.9. The lowest BCUT2D eigenvalue weighted by Gasteiger charge is -2.21. The zero-order valence-electron chi connectivity index (χ0n) is 16.0. The fourth-order valence-corrected chi connectivity index (χ4v) is 3.88. The van der Waals surface area contributed by atoms with E-state index in [4.69, 9.17) is 0 Å². The van der Waals surface area contributed by atoms with Crippen molar-refractivity contribution in [2.45, 2.75) is 19.8 Å². The van der Waals surface area contributed by atoms with Gasteiger partial charge < -0.3 is 9.88 Å². The van der Waals surface area contributed by atoms with Gasteiger partial charge in [0.05, 0.1) is 17.6 Å². The van der Waals surface area contributed by atoms with Crippen LogP contribution in [0.5, 0.6) is 0 Å². The largest absolute Gasteiger partial charge is 0.340 e. The van der Waals surface area contributed by atoms with Gasteiger partial charge >= 0.3 is 0 Å². The van der Waals surface area contributed by atoms with E-state index in [1.807, 2.05) is 20.2 Å². The molecule has 0 unspecified atom stereocenters. The number of nitrogens with zero attached hydrogens (tertiary/aromatic N) is 4. The molecule has 0 aliphatic heterocycles. The highest BCUT2D eigenvalue weighted by molar-refractivity contribution is 5.76. The van der Waals surface area contributed by atoms with Crippen molar-refractivity contribution in [3.63, 3.8) is 0 Å². The molecule has 0 spiro atoms. The lowest BCUT2D eigenvalue weighted by Crippen LogP contribution is -2.10. The Balaban J connectivity index is 1.52. The van der Waals surface area contributed by atoms with Crippen LogP contribution in [0.25, 0.3) is 22.5 Å². The Labute approximate surface area is 164 Å². The van der Waals surface area contributed by atoms with E-state index in [9.17, 15) is 0 Å². The molecule has 5 heteroatoms. The van der Waals surface area contributed by atoms with Crippen molar-refractivity contribution in [2.75, 3.05) is 5.32 Å². The minimum Gasteiger partial charge on any atom is -0.340 e. The van der Waals surface area contributed by atoms with Gasteiger partial charge in [0.25, 0.3) is 0 Å². The molecule has 0 saturated carbocycles. The van der Waals surface area contributed by atoms with Gasteiger partial charge in [0.15, 0.2) is 0 Å². The molecule has 2 aromatic heterocycles. The second-order valence-corrected chi connectivity index (χ2v) is 7.16. The number of fused-ring (bicyclic) bond motifs is 3. The zero-order valence-corrected chi connectivity index (χ0v) is 16.0. The third kappa shape index (κ3) is 2.76. The molecule has 4 aromatic rings. The summed E-state index contributed by atoms with van der Waals surface area (Å²) in [4.78, 5) is 13.5. The van der Waals surface area contributed by atoms with Crippen LogP contribution in [0.3, 0.4) is 0 Å². The Morgan fingerprint density at radius 1 is 0.964 bits per heavy atom. The number of imidazole rings is 1. The van der Waals surface area contributed by atoms with Gasteiger partial charge in [-0.2, -0.15) is 0 Å². The minimum absolute atomic E-state index is 0.887. The highest BCUT2D eigenvalue weighted by Gasteiger charge is 2.20. The number of hydrogen-bond donors (Lipinski definition) is 1. The SMILES string of the molecule is Cc1ncc(-c2cccc(Nc3ncnc4c3CCc3ccccc3-4)c2)n1C. The van der Waals surface area contributed by atoms with E-state index in [0.29, 0.717) is 0 Å². The van der Waals surface area contributed by atoms with Gasteiger partial charge in [0.2, 0.25) is 0 Å². The Kier molecular flexibility index (Phi) is 3.93. The summed E-state index contributed by atoms with van der Waals surface area (Å²) in [5.74, 6) is 1.88. The predicted molar refractivity (Wildman–Crippen MR) is 112 cm³/mol. The van der Waals surface area contributed by atoms with Gasteiger partial charge in [-0.15, -0.1) is 0 Å². The standard InChI is InChI=1S/C23H21N5/c1-15-24-13-21(28(15)2)17-7-5-8-18(12-17)27-23-20-11-10-16-6-3-4-9-19(16)22(20)25-14-26-23/h3-9,12-14H,10-11H2,1-2H3,(H,25,26,27). The van der Waals surface area contributed by atoms with E-state index in [0.717, 1.165) is 47.1 Å². The monoisotopic (exact) mass is 367 g/mol. The maximum absolute atomic E-state index is 4.58. The van der Waals surface area contributed by atoms with Crippen LogP contribution in [0.4, 0.5) is 11.5 Å². The molecule has 2 aromatic carbocycles. The maximum Gasteiger partial charge on any atom is 0.137 e. The first-order valence-electron chi connectivity index (χ1n) is 9.48. The van der Waals surface area contributed by atoms with Crippen LogP contribution in [0.2, 0.25) is 0 Å². The van der Waals surface area contributed by atoms with E-state index in [2.05, 4.69) is 73.4 Å². The number of anilines is 2. The number of nitrogens with one attached hydrogen (secondary N) is 1. The topological polar surface area (TPSA) is 55.6 Å². The lowest BCUT2D eigenvalue weighted by atomic mass is 9.89. The summed E-state index contributed by atoms with van der Waals surface area (Å²) in [7, 11) is 2.04. The fraction of sp³-hybridized carbons (Fsp3) is 0.174. The first-order chi connectivity index (χ1) is 13.7. The van der Waals surface area contributed by atoms with Crippen LogP contribution in [-0.4, -0.2) is 19.5 Å². The van der Waals surface area contributed by atoms with Crippen molar-refractivity contribution >= 4 is 11.5 Å². The summed E-state index contributed by atoms with van der Waals surface area (Å²) in [6.07, 6.45) is 5.52. The summed E-state index contributed by atoms with van der Waals surface area (Å²) in [6.45, 7) is 2.01. The third-order valence-corrected chi connectivity index (χ3v) is 5.50. The molecule has 28 heavy (non-hydrogen) atoms. The number of hydrogen-bond acceptors (Lipinski definition) is 4. The quantitative estimate of drug-likeness (QED) is 0.570. The number of benzene rings is 2. The van der Waals surface area contributed by atoms with Crippen molar-refractivity contribution in [2.24, 2.45) is 7.05 Å². The molecule has 1 N–H and O–H groups in total. The van der Waals surface area contributed by atoms with Crippen LogP contribution in [0, 0.1) is 6.92 Å². The average molecular weight is 367 g/mol. The van der Waals surface area contributed by atoms with E-state index < -0.39 is 0 Å². The molecule has 0 bridgehead atoms. The van der Waals surface area contributed by atoms with E-state index in [1.165, 1.54) is 16.7 Å². The normalized spacial score (nSPS) is 12.4. The first-order valence-corrected chi connectivity index (χ1v) is 9.48. The molecule has 5 nitrogen and oxygen atoms in total. The van der Waals surface area contributed by atoms with Crippen LogP contribution in [0.1, 0.15) is 17.0 Å². The van der Waals surface area contributed by atoms with Crippen LogP contribution in [-0.2, 0) is 19.9 Å². The van der Waals surface area contributed by atoms with Crippen molar-refractivity contribution < 1.29 is 0 Å². The molecular weight excluding hydrogens is 346 g/mol. The summed E-state index contributed by atoms with van der Waals surface area (Å²) in [5, 5.41) is 3.52. The maximum atomic E-state index is 4.58.